The number of amides is 1. The average Bonchev–Trinajstić information content (AvgIpc) is 2.92. The van der Waals surface area contributed by atoms with Gasteiger partial charge in [0.2, 0.25) is 0 Å². The normalized spacial score (nSPS) is 25.5. The van der Waals surface area contributed by atoms with Gasteiger partial charge in [-0.3, -0.25) is 14.4 Å². The maximum atomic E-state index is 13.2. The Morgan fingerprint density at radius 1 is 1.39 bits per heavy atom. The quantitative estimate of drug-likeness (QED) is 0.797. The first kappa shape index (κ1) is 16.3. The molecule has 128 valence electrons. The number of hydrogen-bond acceptors (Lipinski definition) is 5. The lowest BCUT2D eigenvalue weighted by Crippen LogP contribution is -2.53. The van der Waals surface area contributed by atoms with Crippen molar-refractivity contribution in [2.24, 2.45) is 7.05 Å². The summed E-state index contributed by atoms with van der Waals surface area (Å²) in [5.74, 6) is -2.03. The summed E-state index contributed by atoms with van der Waals surface area (Å²) in [6, 6.07) is 0. The van der Waals surface area contributed by atoms with Crippen molar-refractivity contribution in [2.45, 2.75) is 31.4 Å². The van der Waals surface area contributed by atoms with Crippen LogP contribution in [0.25, 0.3) is 0 Å². The minimum Gasteiger partial charge on any atom is -0.366 e. The number of carbonyl (C=O) groups is 1. The van der Waals surface area contributed by atoms with E-state index in [1.807, 2.05) is 7.05 Å². The number of nitrogens with zero attached hydrogens (tertiary/aromatic N) is 5. The molecule has 9 heteroatoms. The van der Waals surface area contributed by atoms with Gasteiger partial charge in [0.25, 0.3) is 11.8 Å². The molecule has 0 saturated carbocycles. The SMILES string of the molecule is Cn1ncnc1CN1CCOC(C(=O)N2CCC(F)(F)CC2)C1. The molecule has 0 aromatic carbocycles. The Kier molecular flexibility index (Phi) is 4.58. The van der Waals surface area contributed by atoms with Crippen LogP contribution >= 0.6 is 0 Å². The van der Waals surface area contributed by atoms with Gasteiger partial charge in [-0.15, -0.1) is 0 Å². The summed E-state index contributed by atoms with van der Waals surface area (Å²) in [5, 5.41) is 4.02. The molecule has 0 N–H and O–H groups in total. The molecule has 1 amide bonds. The predicted molar refractivity (Wildman–Crippen MR) is 76.8 cm³/mol. The van der Waals surface area contributed by atoms with Crippen molar-refractivity contribution in [2.75, 3.05) is 32.8 Å². The number of halogens is 2. The van der Waals surface area contributed by atoms with Crippen molar-refractivity contribution in [3.8, 4) is 0 Å². The van der Waals surface area contributed by atoms with Gasteiger partial charge >= 0.3 is 0 Å². The first-order valence-electron chi connectivity index (χ1n) is 7.78. The molecule has 1 atom stereocenters. The number of ether oxygens (including phenoxy) is 1. The third-order valence-electron chi connectivity index (χ3n) is 4.40. The van der Waals surface area contributed by atoms with Crippen molar-refractivity contribution in [3.05, 3.63) is 12.2 Å². The molecule has 23 heavy (non-hydrogen) atoms. The molecule has 3 rings (SSSR count). The first-order chi connectivity index (χ1) is 10.9. The molecule has 1 unspecified atom stereocenters. The monoisotopic (exact) mass is 329 g/mol. The van der Waals surface area contributed by atoms with Crippen LogP contribution in [0.1, 0.15) is 18.7 Å². The lowest BCUT2D eigenvalue weighted by molar-refractivity contribution is -0.155. The van der Waals surface area contributed by atoms with Crippen LogP contribution in [-0.2, 0) is 23.1 Å². The second kappa shape index (κ2) is 6.48. The van der Waals surface area contributed by atoms with E-state index in [1.54, 1.807) is 4.68 Å². The highest BCUT2D eigenvalue weighted by Crippen LogP contribution is 2.28. The predicted octanol–water partition coefficient (Wildman–Crippen LogP) is 0.274. The van der Waals surface area contributed by atoms with Crippen LogP contribution in [0.2, 0.25) is 0 Å². The standard InChI is InChI=1S/C14H21F2N5O2/c1-19-12(17-10-18-19)9-20-6-7-23-11(8-20)13(22)21-4-2-14(15,16)3-5-21/h10-11H,2-9H2,1H3. The smallest absolute Gasteiger partial charge is 0.253 e. The van der Waals surface area contributed by atoms with Crippen LogP contribution in [0.5, 0.6) is 0 Å². The van der Waals surface area contributed by atoms with E-state index in [-0.39, 0.29) is 31.8 Å². The van der Waals surface area contributed by atoms with E-state index in [9.17, 15) is 13.6 Å². The fourth-order valence-electron chi connectivity index (χ4n) is 2.92. The summed E-state index contributed by atoms with van der Waals surface area (Å²) in [6.07, 6.45) is 0.359. The van der Waals surface area contributed by atoms with E-state index in [4.69, 9.17) is 4.74 Å². The summed E-state index contributed by atoms with van der Waals surface area (Å²) in [4.78, 5) is 20.2. The molecule has 0 radical (unpaired) electrons. The fraction of sp³-hybridized carbons (Fsp3) is 0.786. The van der Waals surface area contributed by atoms with Crippen LogP contribution in [0, 0.1) is 0 Å². The zero-order valence-electron chi connectivity index (χ0n) is 13.1. The highest BCUT2D eigenvalue weighted by molar-refractivity contribution is 5.81. The molecule has 0 spiro atoms. The zero-order chi connectivity index (χ0) is 16.4. The Balaban J connectivity index is 1.56. The van der Waals surface area contributed by atoms with Crippen LogP contribution in [0.3, 0.4) is 0 Å². The van der Waals surface area contributed by atoms with E-state index in [2.05, 4.69) is 15.0 Å². The minimum atomic E-state index is -2.65. The number of likely N-dealkylation sites (tertiary alicyclic amines) is 1. The van der Waals surface area contributed by atoms with E-state index >= 15 is 0 Å². The average molecular weight is 329 g/mol. The van der Waals surface area contributed by atoms with Gasteiger partial charge in [0.15, 0.2) is 0 Å². The van der Waals surface area contributed by atoms with Gasteiger partial charge in [-0.2, -0.15) is 5.10 Å². The van der Waals surface area contributed by atoms with Crippen molar-refractivity contribution in [3.63, 3.8) is 0 Å². The largest absolute Gasteiger partial charge is 0.366 e. The molecule has 2 aliphatic heterocycles. The minimum absolute atomic E-state index is 0.0922. The molecular weight excluding hydrogens is 308 g/mol. The van der Waals surface area contributed by atoms with Gasteiger partial charge in [0, 0.05) is 46.1 Å². The van der Waals surface area contributed by atoms with Crippen molar-refractivity contribution >= 4 is 5.91 Å². The Hall–Kier alpha value is -1.61. The number of carbonyl (C=O) groups excluding carboxylic acids is 1. The van der Waals surface area contributed by atoms with Crippen molar-refractivity contribution < 1.29 is 18.3 Å². The second-order valence-corrected chi connectivity index (χ2v) is 6.08. The van der Waals surface area contributed by atoms with Gasteiger partial charge in [0.1, 0.15) is 18.3 Å². The number of piperidine rings is 1. The Morgan fingerprint density at radius 3 is 2.78 bits per heavy atom. The van der Waals surface area contributed by atoms with E-state index in [0.29, 0.717) is 26.2 Å². The summed E-state index contributed by atoms with van der Waals surface area (Å²) < 4.78 is 33.7. The first-order valence-corrected chi connectivity index (χ1v) is 7.78. The topological polar surface area (TPSA) is 63.5 Å². The molecule has 2 saturated heterocycles. The summed E-state index contributed by atoms with van der Waals surface area (Å²) >= 11 is 0. The number of rotatable bonds is 3. The van der Waals surface area contributed by atoms with E-state index in [0.717, 1.165) is 5.82 Å². The zero-order valence-corrected chi connectivity index (χ0v) is 13.1. The van der Waals surface area contributed by atoms with Gasteiger partial charge in [0.05, 0.1) is 13.2 Å². The molecule has 0 bridgehead atoms. The van der Waals surface area contributed by atoms with E-state index < -0.39 is 12.0 Å². The Labute approximate surface area is 133 Å². The summed E-state index contributed by atoms with van der Waals surface area (Å²) in [6.45, 7) is 2.36. The highest BCUT2D eigenvalue weighted by Gasteiger charge is 2.38. The van der Waals surface area contributed by atoms with Crippen LogP contribution in [-0.4, -0.2) is 75.3 Å². The Morgan fingerprint density at radius 2 is 2.13 bits per heavy atom. The van der Waals surface area contributed by atoms with Crippen molar-refractivity contribution in [1.82, 2.24) is 24.6 Å². The van der Waals surface area contributed by atoms with Crippen LogP contribution in [0.15, 0.2) is 6.33 Å². The van der Waals surface area contributed by atoms with Gasteiger partial charge in [-0.1, -0.05) is 0 Å². The molecule has 2 fully saturated rings. The van der Waals surface area contributed by atoms with Crippen molar-refractivity contribution in [1.29, 1.82) is 0 Å². The summed E-state index contributed by atoms with van der Waals surface area (Å²) in [5.41, 5.74) is 0. The van der Waals surface area contributed by atoms with Gasteiger partial charge in [-0.05, 0) is 0 Å². The number of aromatic nitrogens is 3. The lowest BCUT2D eigenvalue weighted by Gasteiger charge is -2.37. The number of alkyl halides is 2. The maximum absolute atomic E-state index is 13.2. The molecule has 1 aromatic heterocycles. The number of aryl methyl sites for hydroxylation is 1. The molecule has 1 aromatic rings. The molecule has 0 aliphatic carbocycles. The van der Waals surface area contributed by atoms with Crippen LogP contribution in [0.4, 0.5) is 8.78 Å². The van der Waals surface area contributed by atoms with Crippen LogP contribution < -0.4 is 0 Å². The number of morpholine rings is 1. The number of hydrogen-bond donors (Lipinski definition) is 0. The van der Waals surface area contributed by atoms with Gasteiger partial charge < -0.3 is 9.64 Å². The summed E-state index contributed by atoms with van der Waals surface area (Å²) in [7, 11) is 1.82. The Bertz CT molecular complexity index is 555. The maximum Gasteiger partial charge on any atom is 0.253 e. The highest BCUT2D eigenvalue weighted by atomic mass is 19.3. The molecule has 2 aliphatic rings. The molecule has 7 nitrogen and oxygen atoms in total. The third kappa shape index (κ3) is 3.84. The molecule has 3 heterocycles. The fourth-order valence-corrected chi connectivity index (χ4v) is 2.92. The lowest BCUT2D eigenvalue weighted by atomic mass is 10.1. The second-order valence-electron chi connectivity index (χ2n) is 6.08. The molecular formula is C14H21F2N5O2. The third-order valence-corrected chi connectivity index (χ3v) is 4.40. The van der Waals surface area contributed by atoms with E-state index in [1.165, 1.54) is 11.2 Å². The van der Waals surface area contributed by atoms with Gasteiger partial charge in [-0.25, -0.2) is 13.8 Å².